The van der Waals surface area contributed by atoms with Crippen LogP contribution in [0.2, 0.25) is 0 Å². The first-order valence-electron chi connectivity index (χ1n) is 4.65. The van der Waals surface area contributed by atoms with Crippen LogP contribution in [-0.2, 0) is 14.3 Å². The van der Waals surface area contributed by atoms with Crippen LogP contribution in [0.15, 0.2) is 0 Å². The molecule has 0 aliphatic heterocycles. The molecular weight excluding hydrogens is 252 g/mol. The molecule has 0 amide bonds. The minimum absolute atomic E-state index is 0.328. The summed E-state index contributed by atoms with van der Waals surface area (Å²) in [5.74, 6) is 0.427. The zero-order valence-electron chi connectivity index (χ0n) is 8.70. The Labute approximate surface area is 102 Å². The monoisotopic (exact) mass is 268 g/mol. The predicted molar refractivity (Wildman–Crippen MR) is 64.9 cm³/mol. The molecule has 0 aromatic rings. The van der Waals surface area contributed by atoms with Crippen LogP contribution in [0, 0.1) is 0 Å². The molecule has 0 aromatic carbocycles. The molecule has 0 aliphatic rings. The molecule has 0 aromatic heterocycles. The lowest BCUT2D eigenvalue weighted by Gasteiger charge is -2.08. The molecule has 0 saturated heterocycles. The lowest BCUT2D eigenvalue weighted by atomic mass is 10.2. The fourth-order valence-corrected chi connectivity index (χ4v) is 2.92. The summed E-state index contributed by atoms with van der Waals surface area (Å²) in [5, 5.41) is 8.51. The van der Waals surface area contributed by atoms with E-state index in [1.165, 1.54) is 10.8 Å². The van der Waals surface area contributed by atoms with E-state index in [-0.39, 0.29) is 0 Å². The van der Waals surface area contributed by atoms with Gasteiger partial charge in [-0.15, -0.1) is 0 Å². The topological polar surface area (TPSA) is 116 Å². The van der Waals surface area contributed by atoms with E-state index in [2.05, 4.69) is 4.74 Å². The van der Waals surface area contributed by atoms with Gasteiger partial charge >= 0.3 is 5.97 Å². The number of carboxylic acids is 1. The van der Waals surface area contributed by atoms with Crippen molar-refractivity contribution in [1.29, 1.82) is 0 Å². The van der Waals surface area contributed by atoms with Gasteiger partial charge < -0.3 is 15.6 Å². The summed E-state index contributed by atoms with van der Waals surface area (Å²) in [6, 6.07) is -0.797. The normalized spacial score (nSPS) is 14.1. The second-order valence-electron chi connectivity index (χ2n) is 2.94. The number of carbonyl (C=O) groups is 2. The first-order valence-corrected chi connectivity index (χ1v) is 7.14. The van der Waals surface area contributed by atoms with Crippen LogP contribution in [0.5, 0.6) is 0 Å². The van der Waals surface area contributed by atoms with Crippen molar-refractivity contribution in [3.05, 3.63) is 0 Å². The van der Waals surface area contributed by atoms with Crippen molar-refractivity contribution in [2.24, 2.45) is 11.5 Å². The minimum Gasteiger partial charge on any atom is -0.480 e. The van der Waals surface area contributed by atoms with Crippen molar-refractivity contribution in [3.63, 3.8) is 0 Å². The van der Waals surface area contributed by atoms with Crippen LogP contribution < -0.4 is 11.5 Å². The molecule has 0 radical (unpaired) electrons. The molecule has 6 nitrogen and oxygen atoms in total. The number of ether oxygens (including phenoxy) is 1. The van der Waals surface area contributed by atoms with Crippen LogP contribution in [0.3, 0.4) is 0 Å². The second kappa shape index (κ2) is 9.76. The summed E-state index contributed by atoms with van der Waals surface area (Å²) in [5.41, 5.74) is 10.7. The third-order valence-electron chi connectivity index (χ3n) is 1.63. The predicted octanol–water partition coefficient (Wildman–Crippen LogP) is 0.0177. The number of aliphatic carboxylic acids is 1. The van der Waals surface area contributed by atoms with Crippen LogP contribution in [-0.4, -0.2) is 41.3 Å². The molecule has 0 fully saturated rings. The standard InChI is InChI=1S/C8H16N2O4S2/c9-6(8(12)13)1-3-15-16-4-2-7(10)14-5-11/h5-7H,1-4,9-10H2,(H,12,13)/t6-,7-/m1/s1. The molecule has 5 N–H and O–H groups in total. The van der Waals surface area contributed by atoms with Gasteiger partial charge in [-0.2, -0.15) is 0 Å². The molecular formula is C8H16N2O4S2. The molecule has 2 atom stereocenters. The van der Waals surface area contributed by atoms with Gasteiger partial charge in [0.05, 0.1) is 0 Å². The van der Waals surface area contributed by atoms with Gasteiger partial charge in [0.15, 0.2) is 6.23 Å². The third-order valence-corrected chi connectivity index (χ3v) is 4.10. The Balaban J connectivity index is 3.27. The first kappa shape index (κ1) is 15.6. The molecule has 0 aliphatic carbocycles. The summed E-state index contributed by atoms with van der Waals surface area (Å²) in [6.45, 7) is 0.328. The summed E-state index contributed by atoms with van der Waals surface area (Å²) >= 11 is 0. The Morgan fingerprint density at radius 3 is 2.38 bits per heavy atom. The van der Waals surface area contributed by atoms with Gasteiger partial charge in [0.2, 0.25) is 0 Å². The van der Waals surface area contributed by atoms with Gasteiger partial charge in [-0.25, -0.2) is 0 Å². The van der Waals surface area contributed by atoms with Crippen LogP contribution in [0.4, 0.5) is 0 Å². The number of nitrogens with two attached hydrogens (primary N) is 2. The van der Waals surface area contributed by atoms with Gasteiger partial charge in [-0.1, -0.05) is 21.6 Å². The highest BCUT2D eigenvalue weighted by atomic mass is 33.1. The van der Waals surface area contributed by atoms with Gasteiger partial charge in [0, 0.05) is 17.9 Å². The lowest BCUT2D eigenvalue weighted by molar-refractivity contribution is -0.138. The van der Waals surface area contributed by atoms with Crippen molar-refractivity contribution < 1.29 is 19.4 Å². The summed E-state index contributed by atoms with van der Waals surface area (Å²) in [4.78, 5) is 20.3. The SMILES string of the molecule is N[C@H](CCSSCC[C@H](N)OC=O)C(=O)O. The Morgan fingerprint density at radius 1 is 1.31 bits per heavy atom. The van der Waals surface area contributed by atoms with Crippen LogP contribution >= 0.6 is 21.6 Å². The van der Waals surface area contributed by atoms with Crippen molar-refractivity contribution in [3.8, 4) is 0 Å². The van der Waals surface area contributed by atoms with E-state index < -0.39 is 18.2 Å². The molecule has 0 bridgehead atoms. The number of rotatable bonds is 10. The number of hydrogen-bond acceptors (Lipinski definition) is 7. The lowest BCUT2D eigenvalue weighted by Crippen LogP contribution is -2.30. The molecule has 8 heteroatoms. The average Bonchev–Trinajstić information content (AvgIpc) is 2.23. The zero-order chi connectivity index (χ0) is 12.4. The fourth-order valence-electron chi connectivity index (χ4n) is 0.720. The van der Waals surface area contributed by atoms with E-state index >= 15 is 0 Å². The quantitative estimate of drug-likeness (QED) is 0.220. The highest BCUT2D eigenvalue weighted by Crippen LogP contribution is 2.23. The second-order valence-corrected chi connectivity index (χ2v) is 5.64. The van der Waals surface area contributed by atoms with E-state index in [9.17, 15) is 9.59 Å². The zero-order valence-corrected chi connectivity index (χ0v) is 10.3. The average molecular weight is 268 g/mol. The Hall–Kier alpha value is -0.440. The van der Waals surface area contributed by atoms with E-state index in [1.807, 2.05) is 0 Å². The van der Waals surface area contributed by atoms with E-state index in [0.717, 1.165) is 5.75 Å². The van der Waals surface area contributed by atoms with Gasteiger partial charge in [0.25, 0.3) is 6.47 Å². The van der Waals surface area contributed by atoms with Crippen molar-refractivity contribution in [1.82, 2.24) is 0 Å². The summed E-state index contributed by atoms with van der Waals surface area (Å²) in [7, 11) is 3.09. The number of carbonyl (C=O) groups excluding carboxylic acids is 1. The maximum absolute atomic E-state index is 10.4. The highest BCUT2D eigenvalue weighted by molar-refractivity contribution is 8.76. The van der Waals surface area contributed by atoms with E-state index in [1.54, 1.807) is 10.8 Å². The molecule has 0 unspecified atom stereocenters. The smallest absolute Gasteiger partial charge is 0.320 e. The Kier molecular flexibility index (Phi) is 9.49. The molecule has 0 rings (SSSR count). The van der Waals surface area contributed by atoms with Crippen LogP contribution in [0.1, 0.15) is 12.8 Å². The van der Waals surface area contributed by atoms with E-state index in [0.29, 0.717) is 25.1 Å². The van der Waals surface area contributed by atoms with Gasteiger partial charge in [-0.3, -0.25) is 15.3 Å². The van der Waals surface area contributed by atoms with Crippen molar-refractivity contribution >= 4 is 34.0 Å². The van der Waals surface area contributed by atoms with Gasteiger partial charge in [-0.05, 0) is 6.42 Å². The van der Waals surface area contributed by atoms with Crippen molar-refractivity contribution in [2.75, 3.05) is 11.5 Å². The summed E-state index contributed by atoms with van der Waals surface area (Å²) in [6.07, 6.45) is 0.442. The minimum atomic E-state index is -0.980. The van der Waals surface area contributed by atoms with E-state index in [4.69, 9.17) is 16.6 Å². The Bertz CT molecular complexity index is 218. The highest BCUT2D eigenvalue weighted by Gasteiger charge is 2.10. The van der Waals surface area contributed by atoms with Crippen LogP contribution in [0.25, 0.3) is 0 Å². The molecule has 0 spiro atoms. The molecule has 0 saturated carbocycles. The largest absolute Gasteiger partial charge is 0.480 e. The molecule has 16 heavy (non-hydrogen) atoms. The fraction of sp³-hybridized carbons (Fsp3) is 0.750. The Morgan fingerprint density at radius 2 is 1.88 bits per heavy atom. The maximum atomic E-state index is 10.4. The summed E-state index contributed by atoms with van der Waals surface area (Å²) < 4.78 is 4.49. The third kappa shape index (κ3) is 8.84. The first-order chi connectivity index (χ1) is 7.57. The number of hydrogen-bond donors (Lipinski definition) is 3. The maximum Gasteiger partial charge on any atom is 0.320 e. The number of carboxylic acid groups (broad SMARTS) is 1. The molecule has 0 heterocycles. The molecule has 94 valence electrons. The van der Waals surface area contributed by atoms with Gasteiger partial charge in [0.1, 0.15) is 6.04 Å². The van der Waals surface area contributed by atoms with Crippen molar-refractivity contribution in [2.45, 2.75) is 25.1 Å².